The second-order valence-corrected chi connectivity index (χ2v) is 12.7. The Bertz CT molecular complexity index is 1170. The van der Waals surface area contributed by atoms with E-state index in [0.717, 1.165) is 18.4 Å². The number of ketones is 1. The minimum absolute atomic E-state index is 0.0697. The van der Waals surface area contributed by atoms with Crippen molar-refractivity contribution in [3.63, 3.8) is 0 Å². The van der Waals surface area contributed by atoms with Crippen molar-refractivity contribution in [3.05, 3.63) is 60.2 Å². The zero-order valence-electron chi connectivity index (χ0n) is 22.6. The van der Waals surface area contributed by atoms with Crippen molar-refractivity contribution in [1.29, 1.82) is 0 Å². The first kappa shape index (κ1) is 25.7. The zero-order valence-corrected chi connectivity index (χ0v) is 22.6. The van der Waals surface area contributed by atoms with Gasteiger partial charge in [-0.25, -0.2) is 4.98 Å². The molecule has 7 rings (SSSR count). The fourth-order valence-corrected chi connectivity index (χ4v) is 7.25. The first-order valence-electron chi connectivity index (χ1n) is 14.2. The van der Waals surface area contributed by atoms with Crippen LogP contribution in [0, 0.1) is 29.1 Å². The van der Waals surface area contributed by atoms with Crippen molar-refractivity contribution < 1.29 is 18.9 Å². The van der Waals surface area contributed by atoms with Gasteiger partial charge in [-0.15, -0.1) is 0 Å². The van der Waals surface area contributed by atoms with Crippen LogP contribution in [0.3, 0.4) is 0 Å². The standard InChI is InChI=1S/C30H38BN3O4/c1-29(2)22-16-25(29)30(3)26(17-22)37-31(38-30)27(14-20-9-10-20)34-28(36)21(13-19-7-5-4-6-8-19)15-24(35)23-18-32-11-12-33-23/h4-8,11-12,18,20-22,25-27H,9-10,13-17H2,1-3H3,(H,34,36)/t21-,22-,25-,26-,27+,30+/m1/s1. The second kappa shape index (κ2) is 9.87. The number of nitrogens with one attached hydrogen (secondary N) is 1. The van der Waals surface area contributed by atoms with E-state index in [2.05, 4.69) is 36.1 Å². The highest BCUT2D eigenvalue weighted by molar-refractivity contribution is 6.47. The minimum Gasteiger partial charge on any atom is -0.404 e. The summed E-state index contributed by atoms with van der Waals surface area (Å²) in [5, 5.41) is 3.31. The number of carbonyl (C=O) groups is 2. The van der Waals surface area contributed by atoms with E-state index in [-0.39, 0.29) is 46.9 Å². The summed E-state index contributed by atoms with van der Waals surface area (Å²) >= 11 is 0. The van der Waals surface area contributed by atoms with Gasteiger partial charge in [0.1, 0.15) is 5.69 Å². The molecule has 38 heavy (non-hydrogen) atoms. The van der Waals surface area contributed by atoms with Gasteiger partial charge in [0.05, 0.1) is 23.8 Å². The van der Waals surface area contributed by atoms with Crippen LogP contribution < -0.4 is 5.32 Å². The molecule has 1 aliphatic heterocycles. The number of rotatable bonds is 10. The molecule has 1 N–H and O–H groups in total. The number of hydrogen-bond acceptors (Lipinski definition) is 6. The Kier molecular flexibility index (Phi) is 6.67. The van der Waals surface area contributed by atoms with E-state index in [9.17, 15) is 9.59 Å². The molecule has 1 amide bonds. The van der Waals surface area contributed by atoms with Crippen LogP contribution in [-0.4, -0.2) is 46.4 Å². The van der Waals surface area contributed by atoms with E-state index in [4.69, 9.17) is 9.31 Å². The van der Waals surface area contributed by atoms with Gasteiger partial charge < -0.3 is 14.6 Å². The Morgan fingerprint density at radius 1 is 1.13 bits per heavy atom. The molecule has 2 aromatic rings. The predicted molar refractivity (Wildman–Crippen MR) is 144 cm³/mol. The summed E-state index contributed by atoms with van der Waals surface area (Å²) in [5.74, 6) is 0.655. The van der Waals surface area contributed by atoms with Gasteiger partial charge >= 0.3 is 7.12 Å². The summed E-state index contributed by atoms with van der Waals surface area (Å²) in [6.45, 7) is 6.93. The SMILES string of the molecule is CC1(C)[C@@H]2C[C@H]1[C@]1(C)OB([C@H](CC3CC3)NC(=O)[C@@H](CC(=O)c3cnccn3)Cc3ccccc3)O[C@@H]1C2. The van der Waals surface area contributed by atoms with Crippen LogP contribution in [0.25, 0.3) is 0 Å². The summed E-state index contributed by atoms with van der Waals surface area (Å²) in [5.41, 5.74) is 1.25. The molecule has 2 heterocycles. The molecule has 0 spiro atoms. The van der Waals surface area contributed by atoms with Crippen molar-refractivity contribution in [2.75, 3.05) is 0 Å². The lowest BCUT2D eigenvalue weighted by Crippen LogP contribution is -2.65. The largest absolute Gasteiger partial charge is 0.481 e. The van der Waals surface area contributed by atoms with Crippen LogP contribution in [0.1, 0.15) is 75.3 Å². The van der Waals surface area contributed by atoms with Crippen LogP contribution in [0.15, 0.2) is 48.9 Å². The fraction of sp³-hybridized carbons (Fsp3) is 0.600. The molecule has 4 saturated carbocycles. The average molecular weight is 515 g/mol. The van der Waals surface area contributed by atoms with Gasteiger partial charge in [-0.05, 0) is 61.3 Å². The van der Waals surface area contributed by atoms with Crippen LogP contribution in [-0.2, 0) is 20.5 Å². The molecule has 7 nitrogen and oxygen atoms in total. The maximum Gasteiger partial charge on any atom is 0.481 e. The monoisotopic (exact) mass is 515 g/mol. The lowest BCUT2D eigenvalue weighted by atomic mass is 9.43. The molecule has 8 heteroatoms. The molecule has 200 valence electrons. The summed E-state index contributed by atoms with van der Waals surface area (Å²) in [6, 6.07) is 9.87. The number of nitrogens with zero attached hydrogens (tertiary/aromatic N) is 2. The molecule has 5 fully saturated rings. The predicted octanol–water partition coefficient (Wildman–Crippen LogP) is 4.46. The van der Waals surface area contributed by atoms with Crippen LogP contribution in [0.5, 0.6) is 0 Å². The Hall–Kier alpha value is -2.58. The average Bonchev–Trinajstić information content (AvgIpc) is 3.66. The maximum absolute atomic E-state index is 13.8. The van der Waals surface area contributed by atoms with Crippen molar-refractivity contribution in [2.45, 2.75) is 83.4 Å². The van der Waals surface area contributed by atoms with E-state index < -0.39 is 13.0 Å². The van der Waals surface area contributed by atoms with Crippen molar-refractivity contribution in [1.82, 2.24) is 15.3 Å². The lowest BCUT2D eigenvalue weighted by molar-refractivity contribution is -0.199. The molecule has 0 unspecified atom stereocenters. The van der Waals surface area contributed by atoms with E-state index in [0.29, 0.717) is 24.2 Å². The molecular formula is C30H38BN3O4. The quantitative estimate of drug-likeness (QED) is 0.371. The number of Topliss-reactive ketones (excluding diaryl/α,β-unsaturated/α-hetero) is 1. The number of aromatic nitrogens is 2. The molecule has 4 aliphatic carbocycles. The Labute approximate surface area is 225 Å². The van der Waals surface area contributed by atoms with Gasteiger partial charge in [-0.1, -0.05) is 57.0 Å². The highest BCUT2D eigenvalue weighted by Gasteiger charge is 2.68. The van der Waals surface area contributed by atoms with Crippen LogP contribution in [0.2, 0.25) is 0 Å². The maximum atomic E-state index is 13.8. The summed E-state index contributed by atoms with van der Waals surface area (Å²) in [6.07, 6.45) is 10.5. The third-order valence-corrected chi connectivity index (χ3v) is 9.89. The van der Waals surface area contributed by atoms with Gasteiger partial charge in [-0.3, -0.25) is 14.6 Å². The smallest absolute Gasteiger partial charge is 0.404 e. The first-order chi connectivity index (χ1) is 18.2. The lowest BCUT2D eigenvalue weighted by Gasteiger charge is -2.64. The normalized spacial score (nSPS) is 30.6. The molecule has 6 atom stereocenters. The van der Waals surface area contributed by atoms with Crippen molar-refractivity contribution >= 4 is 18.8 Å². The number of carbonyl (C=O) groups excluding carboxylic acids is 2. The Balaban J connectivity index is 1.20. The van der Waals surface area contributed by atoms with E-state index in [1.165, 1.54) is 37.9 Å². The summed E-state index contributed by atoms with van der Waals surface area (Å²) < 4.78 is 13.3. The highest BCUT2D eigenvalue weighted by Crippen LogP contribution is 2.65. The Morgan fingerprint density at radius 3 is 2.61 bits per heavy atom. The van der Waals surface area contributed by atoms with Crippen LogP contribution >= 0.6 is 0 Å². The first-order valence-corrected chi connectivity index (χ1v) is 14.2. The van der Waals surface area contributed by atoms with Gasteiger partial charge in [-0.2, -0.15) is 0 Å². The third kappa shape index (κ3) is 4.82. The molecule has 1 aromatic carbocycles. The number of amides is 1. The minimum atomic E-state index is -0.528. The molecule has 1 aromatic heterocycles. The van der Waals surface area contributed by atoms with Gasteiger partial charge in [0, 0.05) is 24.7 Å². The summed E-state index contributed by atoms with van der Waals surface area (Å²) in [4.78, 5) is 35.1. The number of benzene rings is 1. The Morgan fingerprint density at radius 2 is 1.92 bits per heavy atom. The van der Waals surface area contributed by atoms with E-state index in [1.54, 1.807) is 0 Å². The molecule has 5 aliphatic rings. The highest BCUT2D eigenvalue weighted by atomic mass is 16.7. The van der Waals surface area contributed by atoms with E-state index in [1.807, 2.05) is 30.3 Å². The fourth-order valence-electron chi connectivity index (χ4n) is 7.25. The van der Waals surface area contributed by atoms with Gasteiger partial charge in [0.25, 0.3) is 0 Å². The van der Waals surface area contributed by atoms with Gasteiger partial charge in [0.2, 0.25) is 5.91 Å². The second-order valence-electron chi connectivity index (χ2n) is 12.7. The van der Waals surface area contributed by atoms with E-state index >= 15 is 0 Å². The van der Waals surface area contributed by atoms with Crippen molar-refractivity contribution in [2.24, 2.45) is 29.1 Å². The molecule has 0 radical (unpaired) electrons. The van der Waals surface area contributed by atoms with Gasteiger partial charge in [0.15, 0.2) is 5.78 Å². The molecule has 1 saturated heterocycles. The molecule has 2 bridgehead atoms. The summed E-state index contributed by atoms with van der Waals surface area (Å²) in [7, 11) is -0.460. The topological polar surface area (TPSA) is 90.4 Å². The third-order valence-electron chi connectivity index (χ3n) is 9.89. The van der Waals surface area contributed by atoms with Crippen molar-refractivity contribution in [3.8, 4) is 0 Å². The number of hydrogen-bond donors (Lipinski definition) is 1. The van der Waals surface area contributed by atoms with Crippen LogP contribution in [0.4, 0.5) is 0 Å². The molecular weight excluding hydrogens is 477 g/mol. The zero-order chi connectivity index (χ0) is 26.5.